The summed E-state index contributed by atoms with van der Waals surface area (Å²) >= 11 is 0. The van der Waals surface area contributed by atoms with Crippen LogP contribution < -0.4 is 10.6 Å². The molecule has 0 aliphatic carbocycles. The Hall–Kier alpha value is -2.21. The van der Waals surface area contributed by atoms with Crippen LogP contribution in [0.1, 0.15) is 24.8 Å². The van der Waals surface area contributed by atoms with Gasteiger partial charge in [-0.2, -0.15) is 0 Å². The van der Waals surface area contributed by atoms with Crippen LogP contribution in [-0.4, -0.2) is 55.7 Å². The van der Waals surface area contributed by atoms with E-state index in [2.05, 4.69) is 64.1 Å². The zero-order valence-corrected chi connectivity index (χ0v) is 17.0. The summed E-state index contributed by atoms with van der Waals surface area (Å²) in [4.78, 5) is 14.8. The maximum Gasteiger partial charge on any atom is 0.221 e. The normalized spacial score (nSPS) is 21.0. The van der Waals surface area contributed by atoms with Crippen molar-refractivity contribution >= 4 is 5.91 Å². The monoisotopic (exact) mass is 393 g/mol. The third-order valence-electron chi connectivity index (χ3n) is 5.85. The van der Waals surface area contributed by atoms with Gasteiger partial charge in [-0.15, -0.1) is 0 Å². The van der Waals surface area contributed by atoms with Crippen molar-refractivity contribution in [2.75, 3.05) is 32.8 Å². The summed E-state index contributed by atoms with van der Waals surface area (Å²) < 4.78 is 5.43. The Bertz CT molecular complexity index is 764. The molecule has 2 aromatic carbocycles. The predicted molar refractivity (Wildman–Crippen MR) is 116 cm³/mol. The number of likely N-dealkylation sites (tertiary alicyclic amines) is 1. The summed E-state index contributed by atoms with van der Waals surface area (Å²) in [5.74, 6) is 0.142. The third-order valence-corrected chi connectivity index (χ3v) is 5.85. The average molecular weight is 394 g/mol. The fraction of sp³-hybridized carbons (Fsp3) is 0.458. The molecule has 0 spiro atoms. The van der Waals surface area contributed by atoms with Gasteiger partial charge in [0.25, 0.3) is 0 Å². The number of morpholine rings is 1. The lowest BCUT2D eigenvalue weighted by molar-refractivity contribution is -0.123. The van der Waals surface area contributed by atoms with Crippen LogP contribution in [0.4, 0.5) is 0 Å². The number of amides is 1. The Kier molecular flexibility index (Phi) is 6.93. The molecule has 0 unspecified atom stereocenters. The molecule has 1 atom stereocenters. The Morgan fingerprint density at radius 1 is 1.03 bits per heavy atom. The van der Waals surface area contributed by atoms with Crippen LogP contribution in [0.5, 0.6) is 0 Å². The maximum atomic E-state index is 12.3. The number of hydrogen-bond donors (Lipinski definition) is 2. The van der Waals surface area contributed by atoms with E-state index < -0.39 is 0 Å². The Balaban J connectivity index is 1.20. The van der Waals surface area contributed by atoms with Crippen molar-refractivity contribution in [1.82, 2.24) is 15.5 Å². The van der Waals surface area contributed by atoms with Crippen LogP contribution in [0, 0.1) is 0 Å². The van der Waals surface area contributed by atoms with Gasteiger partial charge in [0.05, 0.1) is 13.2 Å². The highest BCUT2D eigenvalue weighted by Crippen LogP contribution is 2.21. The van der Waals surface area contributed by atoms with Crippen molar-refractivity contribution in [3.63, 3.8) is 0 Å². The quantitative estimate of drug-likeness (QED) is 0.793. The van der Waals surface area contributed by atoms with Crippen LogP contribution in [-0.2, 0) is 16.1 Å². The van der Waals surface area contributed by atoms with Crippen LogP contribution in [0.2, 0.25) is 0 Å². The van der Waals surface area contributed by atoms with Crippen LogP contribution in [0.25, 0.3) is 11.1 Å². The minimum atomic E-state index is 0.142. The molecule has 2 aliphatic rings. The second-order valence-electron chi connectivity index (χ2n) is 8.11. The summed E-state index contributed by atoms with van der Waals surface area (Å²) in [7, 11) is 0. The number of piperidine rings is 1. The van der Waals surface area contributed by atoms with Gasteiger partial charge < -0.3 is 15.4 Å². The molecule has 2 fully saturated rings. The summed E-state index contributed by atoms with van der Waals surface area (Å²) in [5.41, 5.74) is 3.86. The van der Waals surface area contributed by atoms with Crippen molar-refractivity contribution in [1.29, 1.82) is 0 Å². The molecule has 5 nitrogen and oxygen atoms in total. The highest BCUT2D eigenvalue weighted by atomic mass is 16.5. The fourth-order valence-corrected chi connectivity index (χ4v) is 4.19. The zero-order chi connectivity index (χ0) is 19.9. The number of hydrogen-bond acceptors (Lipinski definition) is 4. The van der Waals surface area contributed by atoms with Crippen LogP contribution in [0.3, 0.4) is 0 Å². The molecule has 0 radical (unpaired) electrons. The third kappa shape index (κ3) is 5.89. The van der Waals surface area contributed by atoms with Crippen molar-refractivity contribution in [3.8, 4) is 11.1 Å². The first-order chi connectivity index (χ1) is 14.3. The van der Waals surface area contributed by atoms with E-state index in [1.54, 1.807) is 0 Å². The van der Waals surface area contributed by atoms with Crippen molar-refractivity contribution in [3.05, 3.63) is 60.2 Å². The molecule has 0 bridgehead atoms. The van der Waals surface area contributed by atoms with E-state index >= 15 is 0 Å². The number of nitrogens with one attached hydrogen (secondary N) is 2. The molecule has 2 heterocycles. The first kappa shape index (κ1) is 20.1. The van der Waals surface area contributed by atoms with E-state index in [9.17, 15) is 4.79 Å². The van der Waals surface area contributed by atoms with Crippen molar-refractivity contribution in [2.45, 2.75) is 37.9 Å². The molecule has 5 heteroatoms. The summed E-state index contributed by atoms with van der Waals surface area (Å²) in [6.45, 7) is 5.23. The number of carbonyl (C=O) groups is 1. The van der Waals surface area contributed by atoms with Crippen LogP contribution >= 0.6 is 0 Å². The number of rotatable bonds is 6. The number of benzene rings is 2. The smallest absolute Gasteiger partial charge is 0.221 e. The molecule has 2 aromatic rings. The SMILES string of the molecule is O=C(C[C@@H]1COCCN1)NC1CCN(Cc2ccc(-c3ccccc3)cc2)CC1. The van der Waals surface area contributed by atoms with E-state index in [-0.39, 0.29) is 11.9 Å². The first-order valence-corrected chi connectivity index (χ1v) is 10.7. The van der Waals surface area contributed by atoms with Crippen molar-refractivity contribution < 1.29 is 9.53 Å². The molecule has 2 aliphatic heterocycles. The van der Waals surface area contributed by atoms with Gasteiger partial charge in [-0.1, -0.05) is 54.6 Å². The molecule has 0 saturated carbocycles. The Labute approximate surface area is 173 Å². The number of carbonyl (C=O) groups excluding carboxylic acids is 1. The number of ether oxygens (including phenoxy) is 1. The topological polar surface area (TPSA) is 53.6 Å². The second kappa shape index (κ2) is 10.0. The van der Waals surface area contributed by atoms with Gasteiger partial charge in [-0.3, -0.25) is 9.69 Å². The minimum Gasteiger partial charge on any atom is -0.378 e. The Morgan fingerprint density at radius 3 is 2.45 bits per heavy atom. The van der Waals surface area contributed by atoms with Crippen LogP contribution in [0.15, 0.2) is 54.6 Å². The molecule has 0 aromatic heterocycles. The van der Waals surface area contributed by atoms with Gasteiger partial charge >= 0.3 is 0 Å². The van der Waals surface area contributed by atoms with Gasteiger partial charge in [0.2, 0.25) is 5.91 Å². The lowest BCUT2D eigenvalue weighted by Crippen LogP contribution is -2.48. The lowest BCUT2D eigenvalue weighted by atomic mass is 10.0. The van der Waals surface area contributed by atoms with E-state index in [0.717, 1.165) is 45.6 Å². The zero-order valence-electron chi connectivity index (χ0n) is 17.0. The highest BCUT2D eigenvalue weighted by Gasteiger charge is 2.23. The van der Waals surface area contributed by atoms with Gasteiger partial charge in [-0.05, 0) is 29.5 Å². The summed E-state index contributed by atoms with van der Waals surface area (Å²) in [6.07, 6.45) is 2.54. The molecule has 154 valence electrons. The largest absolute Gasteiger partial charge is 0.378 e. The first-order valence-electron chi connectivity index (χ1n) is 10.7. The Morgan fingerprint density at radius 2 is 1.76 bits per heavy atom. The average Bonchev–Trinajstić information content (AvgIpc) is 2.77. The predicted octanol–water partition coefficient (Wildman–Crippen LogP) is 2.81. The highest BCUT2D eigenvalue weighted by molar-refractivity contribution is 5.77. The summed E-state index contributed by atoms with van der Waals surface area (Å²) in [6, 6.07) is 19.8. The van der Waals surface area contributed by atoms with E-state index in [4.69, 9.17) is 4.74 Å². The molecule has 4 rings (SSSR count). The molecular weight excluding hydrogens is 362 g/mol. The standard InChI is InChI=1S/C24H31N3O2/c28-24(16-23-18-29-15-12-25-23)26-22-10-13-27(14-11-22)17-19-6-8-21(9-7-19)20-4-2-1-3-5-20/h1-9,22-23,25H,10-18H2,(H,26,28)/t23-/m1/s1. The van der Waals surface area contributed by atoms with Gasteiger partial charge in [0.15, 0.2) is 0 Å². The number of nitrogens with zero attached hydrogens (tertiary/aromatic N) is 1. The second-order valence-corrected chi connectivity index (χ2v) is 8.11. The molecule has 2 saturated heterocycles. The molecular formula is C24H31N3O2. The lowest BCUT2D eigenvalue weighted by Gasteiger charge is -2.33. The van der Waals surface area contributed by atoms with E-state index in [1.807, 2.05) is 6.07 Å². The van der Waals surface area contributed by atoms with Gasteiger partial charge in [-0.25, -0.2) is 0 Å². The van der Waals surface area contributed by atoms with Gasteiger partial charge in [0.1, 0.15) is 0 Å². The molecule has 2 N–H and O–H groups in total. The van der Waals surface area contributed by atoms with Gasteiger partial charge in [0, 0.05) is 44.7 Å². The fourth-order valence-electron chi connectivity index (χ4n) is 4.19. The maximum absolute atomic E-state index is 12.3. The molecule has 1 amide bonds. The minimum absolute atomic E-state index is 0.142. The van der Waals surface area contributed by atoms with Crippen molar-refractivity contribution in [2.24, 2.45) is 0 Å². The summed E-state index contributed by atoms with van der Waals surface area (Å²) in [5, 5.41) is 6.56. The van der Waals surface area contributed by atoms with E-state index in [1.165, 1.54) is 16.7 Å². The molecule has 29 heavy (non-hydrogen) atoms. The van der Waals surface area contributed by atoms with E-state index in [0.29, 0.717) is 19.1 Å².